The average Bonchev–Trinajstić information content (AvgIpc) is 3.13. The summed E-state index contributed by atoms with van der Waals surface area (Å²) in [6.45, 7) is 6.44. The van der Waals surface area contributed by atoms with Crippen molar-refractivity contribution in [2.75, 3.05) is 13.1 Å². The van der Waals surface area contributed by atoms with Gasteiger partial charge in [-0.1, -0.05) is 0 Å². The molecular formula is C16H22N4OS. The molecule has 118 valence electrons. The number of hydrogen-bond acceptors (Lipinski definition) is 4. The molecule has 2 aromatic heterocycles. The smallest absolute Gasteiger partial charge is 0.224 e. The van der Waals surface area contributed by atoms with Crippen LogP contribution >= 0.6 is 11.3 Å². The highest BCUT2D eigenvalue weighted by molar-refractivity contribution is 7.11. The van der Waals surface area contributed by atoms with E-state index in [9.17, 15) is 4.79 Å². The van der Waals surface area contributed by atoms with Gasteiger partial charge in [-0.15, -0.1) is 11.3 Å². The molecule has 1 aliphatic rings. The minimum absolute atomic E-state index is 0.230. The maximum absolute atomic E-state index is 12.5. The number of hydrogen-bond donors (Lipinski definition) is 0. The lowest BCUT2D eigenvalue weighted by molar-refractivity contribution is -0.132. The first-order valence-corrected chi connectivity index (χ1v) is 8.63. The lowest BCUT2D eigenvalue weighted by Crippen LogP contribution is -2.39. The number of thiazole rings is 1. The van der Waals surface area contributed by atoms with Gasteiger partial charge >= 0.3 is 0 Å². The van der Waals surface area contributed by atoms with Crippen molar-refractivity contribution >= 4 is 17.2 Å². The minimum Gasteiger partial charge on any atom is -0.342 e. The monoisotopic (exact) mass is 318 g/mol. The van der Waals surface area contributed by atoms with E-state index < -0.39 is 0 Å². The highest BCUT2D eigenvalue weighted by Gasteiger charge is 2.26. The summed E-state index contributed by atoms with van der Waals surface area (Å²) >= 11 is 1.76. The fourth-order valence-corrected chi connectivity index (χ4v) is 3.86. The Balaban J connectivity index is 1.57. The number of rotatable bonds is 4. The first-order chi connectivity index (χ1) is 10.6. The summed E-state index contributed by atoms with van der Waals surface area (Å²) in [6, 6.07) is 1.96. The van der Waals surface area contributed by atoms with Gasteiger partial charge in [0.15, 0.2) is 0 Å². The number of aryl methyl sites for hydroxylation is 3. The molecule has 0 N–H and O–H groups in total. The standard InChI is InChI=1S/C16H22N4OS/c1-12-5-7-18-20(12)9-6-15(21)19-8-3-4-14(11-19)16-17-10-13(2)22-16/h5,7,10,14H,3-4,6,8-9,11H2,1-2H3/t14-/m0/s1. The van der Waals surface area contributed by atoms with Crippen LogP contribution in [-0.2, 0) is 11.3 Å². The molecule has 0 aromatic carbocycles. The van der Waals surface area contributed by atoms with E-state index in [1.165, 1.54) is 9.88 Å². The second kappa shape index (κ2) is 6.60. The van der Waals surface area contributed by atoms with Gasteiger partial charge in [0.1, 0.15) is 0 Å². The molecule has 0 bridgehead atoms. The van der Waals surface area contributed by atoms with Crippen molar-refractivity contribution in [3.63, 3.8) is 0 Å². The summed E-state index contributed by atoms with van der Waals surface area (Å²) in [5, 5.41) is 5.41. The molecule has 2 aromatic rings. The lowest BCUT2D eigenvalue weighted by Gasteiger charge is -2.32. The maximum Gasteiger partial charge on any atom is 0.224 e. The Kier molecular flexibility index (Phi) is 4.57. The summed E-state index contributed by atoms with van der Waals surface area (Å²) in [4.78, 5) is 20.2. The second-order valence-electron chi connectivity index (χ2n) is 5.93. The molecular weight excluding hydrogens is 296 g/mol. The van der Waals surface area contributed by atoms with Gasteiger partial charge in [0.05, 0.1) is 5.01 Å². The van der Waals surface area contributed by atoms with Gasteiger partial charge in [-0.05, 0) is 32.8 Å². The first kappa shape index (κ1) is 15.2. The molecule has 1 fully saturated rings. The molecule has 6 heteroatoms. The van der Waals surface area contributed by atoms with Crippen LogP contribution in [-0.4, -0.2) is 38.7 Å². The van der Waals surface area contributed by atoms with Gasteiger partial charge in [0.25, 0.3) is 0 Å². The Morgan fingerprint density at radius 2 is 2.32 bits per heavy atom. The van der Waals surface area contributed by atoms with Gasteiger partial charge in [-0.25, -0.2) is 4.98 Å². The number of carbonyl (C=O) groups excluding carboxylic acids is 1. The fourth-order valence-electron chi connectivity index (χ4n) is 2.96. The predicted octanol–water partition coefficient (Wildman–Crippen LogP) is 2.75. The van der Waals surface area contributed by atoms with Crippen LogP contribution in [0.15, 0.2) is 18.5 Å². The van der Waals surface area contributed by atoms with Crippen LogP contribution < -0.4 is 0 Å². The van der Waals surface area contributed by atoms with Gasteiger partial charge in [0, 0.05) is 54.9 Å². The molecule has 0 radical (unpaired) electrons. The van der Waals surface area contributed by atoms with Crippen LogP contribution in [0.25, 0.3) is 0 Å². The number of carbonyl (C=O) groups is 1. The molecule has 5 nitrogen and oxygen atoms in total. The quantitative estimate of drug-likeness (QED) is 0.871. The van der Waals surface area contributed by atoms with E-state index in [-0.39, 0.29) is 5.91 Å². The largest absolute Gasteiger partial charge is 0.342 e. The van der Waals surface area contributed by atoms with E-state index in [1.807, 2.05) is 28.8 Å². The van der Waals surface area contributed by atoms with Crippen LogP contribution in [0.5, 0.6) is 0 Å². The zero-order valence-electron chi connectivity index (χ0n) is 13.2. The highest BCUT2D eigenvalue weighted by Crippen LogP contribution is 2.29. The van der Waals surface area contributed by atoms with Gasteiger partial charge < -0.3 is 4.90 Å². The van der Waals surface area contributed by atoms with E-state index in [4.69, 9.17) is 0 Å². The number of likely N-dealkylation sites (tertiary alicyclic amines) is 1. The van der Waals surface area contributed by atoms with E-state index in [2.05, 4.69) is 17.0 Å². The zero-order valence-corrected chi connectivity index (χ0v) is 14.0. The molecule has 22 heavy (non-hydrogen) atoms. The van der Waals surface area contributed by atoms with E-state index in [1.54, 1.807) is 17.5 Å². The SMILES string of the molecule is Cc1cnc([C@H]2CCCN(C(=O)CCn3nccc3C)C2)s1. The summed E-state index contributed by atoms with van der Waals surface area (Å²) in [6.07, 6.45) is 6.43. The molecule has 0 saturated carbocycles. The van der Waals surface area contributed by atoms with Crippen LogP contribution in [0.2, 0.25) is 0 Å². The molecule has 3 rings (SSSR count). The van der Waals surface area contributed by atoms with Crippen LogP contribution in [0.1, 0.15) is 40.8 Å². The topological polar surface area (TPSA) is 51.0 Å². The summed E-state index contributed by atoms with van der Waals surface area (Å²) in [7, 11) is 0. The van der Waals surface area contributed by atoms with Gasteiger partial charge in [-0.2, -0.15) is 5.10 Å². The number of nitrogens with zero attached hydrogens (tertiary/aromatic N) is 4. The van der Waals surface area contributed by atoms with E-state index in [0.29, 0.717) is 18.9 Å². The van der Waals surface area contributed by atoms with Crippen molar-refractivity contribution < 1.29 is 4.79 Å². The third-order valence-corrected chi connectivity index (χ3v) is 5.30. The number of amides is 1. The van der Waals surface area contributed by atoms with Crippen molar-refractivity contribution in [2.45, 2.75) is 45.6 Å². The Morgan fingerprint density at radius 3 is 3.00 bits per heavy atom. The number of aromatic nitrogens is 3. The third-order valence-electron chi connectivity index (χ3n) is 4.23. The van der Waals surface area contributed by atoms with Crippen molar-refractivity contribution in [2.24, 2.45) is 0 Å². The van der Waals surface area contributed by atoms with Crippen molar-refractivity contribution in [1.82, 2.24) is 19.7 Å². The van der Waals surface area contributed by atoms with Crippen molar-refractivity contribution in [3.8, 4) is 0 Å². The molecule has 1 aliphatic heterocycles. The van der Waals surface area contributed by atoms with E-state index >= 15 is 0 Å². The Bertz CT molecular complexity index is 648. The summed E-state index contributed by atoms with van der Waals surface area (Å²) in [5.74, 6) is 0.635. The van der Waals surface area contributed by atoms with E-state index in [0.717, 1.165) is 31.6 Å². The molecule has 0 unspecified atom stereocenters. The minimum atomic E-state index is 0.230. The van der Waals surface area contributed by atoms with Crippen LogP contribution in [0, 0.1) is 13.8 Å². The van der Waals surface area contributed by atoms with Crippen molar-refractivity contribution in [3.05, 3.63) is 34.0 Å². The normalized spacial score (nSPS) is 18.6. The lowest BCUT2D eigenvalue weighted by atomic mass is 9.98. The molecule has 1 saturated heterocycles. The number of piperidine rings is 1. The Labute approximate surface area is 135 Å². The predicted molar refractivity (Wildman–Crippen MR) is 87.0 cm³/mol. The second-order valence-corrected chi connectivity index (χ2v) is 7.20. The van der Waals surface area contributed by atoms with Crippen LogP contribution in [0.3, 0.4) is 0 Å². The zero-order chi connectivity index (χ0) is 15.5. The summed E-state index contributed by atoms with van der Waals surface area (Å²) in [5.41, 5.74) is 1.10. The van der Waals surface area contributed by atoms with Crippen molar-refractivity contribution in [1.29, 1.82) is 0 Å². The van der Waals surface area contributed by atoms with Gasteiger partial charge in [-0.3, -0.25) is 9.48 Å². The van der Waals surface area contributed by atoms with Gasteiger partial charge in [0.2, 0.25) is 5.91 Å². The fraction of sp³-hybridized carbons (Fsp3) is 0.562. The molecule has 0 aliphatic carbocycles. The molecule has 1 amide bonds. The Morgan fingerprint density at radius 1 is 1.45 bits per heavy atom. The molecule has 1 atom stereocenters. The first-order valence-electron chi connectivity index (χ1n) is 7.82. The highest BCUT2D eigenvalue weighted by atomic mass is 32.1. The molecule has 3 heterocycles. The van der Waals surface area contributed by atoms with Crippen LogP contribution in [0.4, 0.5) is 0 Å². The average molecular weight is 318 g/mol. The Hall–Kier alpha value is -1.69. The summed E-state index contributed by atoms with van der Waals surface area (Å²) < 4.78 is 1.89. The maximum atomic E-state index is 12.5. The molecule has 0 spiro atoms. The third kappa shape index (κ3) is 3.38.